The SMILES string of the molecule is Cc1cc(C)cc(CS(=O)(=O)Cc2ccnc(C#N)c2)c1. The molecule has 0 bridgehead atoms. The Bertz CT molecular complexity index is 785. The smallest absolute Gasteiger partial charge is 0.158 e. The summed E-state index contributed by atoms with van der Waals surface area (Å²) in [7, 11) is -3.28. The van der Waals surface area contributed by atoms with Crippen LogP contribution in [0.4, 0.5) is 0 Å². The summed E-state index contributed by atoms with van der Waals surface area (Å²) in [6.45, 7) is 3.90. The molecule has 0 saturated carbocycles. The van der Waals surface area contributed by atoms with Crippen molar-refractivity contribution in [1.29, 1.82) is 5.26 Å². The van der Waals surface area contributed by atoms with Gasteiger partial charge in [-0.15, -0.1) is 0 Å². The van der Waals surface area contributed by atoms with Crippen LogP contribution in [0.25, 0.3) is 0 Å². The van der Waals surface area contributed by atoms with E-state index in [2.05, 4.69) is 4.98 Å². The van der Waals surface area contributed by atoms with E-state index in [4.69, 9.17) is 5.26 Å². The fraction of sp³-hybridized carbons (Fsp3) is 0.250. The lowest BCUT2D eigenvalue weighted by molar-refractivity contribution is 0.594. The van der Waals surface area contributed by atoms with Gasteiger partial charge in [-0.3, -0.25) is 0 Å². The van der Waals surface area contributed by atoms with Crippen molar-refractivity contribution in [1.82, 2.24) is 4.98 Å². The Morgan fingerprint density at radius 2 is 1.67 bits per heavy atom. The molecule has 0 atom stereocenters. The standard InChI is InChI=1S/C16H16N2O2S/c1-12-5-13(2)7-15(6-12)11-21(19,20)10-14-3-4-18-16(8-14)9-17/h3-8H,10-11H2,1-2H3. The van der Waals surface area contributed by atoms with E-state index >= 15 is 0 Å². The van der Waals surface area contributed by atoms with Crippen molar-refractivity contribution in [3.05, 3.63) is 64.5 Å². The maximum absolute atomic E-state index is 12.3. The zero-order chi connectivity index (χ0) is 15.5. The average Bonchev–Trinajstić information content (AvgIpc) is 2.36. The molecule has 4 nitrogen and oxygen atoms in total. The largest absolute Gasteiger partial charge is 0.246 e. The first-order chi connectivity index (χ1) is 9.88. The minimum absolute atomic E-state index is 0.000268. The molecule has 0 fully saturated rings. The Balaban J connectivity index is 2.20. The molecule has 0 amide bonds. The number of rotatable bonds is 4. The van der Waals surface area contributed by atoms with E-state index in [1.807, 2.05) is 38.1 Å². The number of pyridine rings is 1. The number of nitriles is 1. The van der Waals surface area contributed by atoms with Gasteiger partial charge in [-0.05, 0) is 37.1 Å². The Morgan fingerprint density at radius 1 is 1.05 bits per heavy atom. The van der Waals surface area contributed by atoms with Crippen molar-refractivity contribution in [3.8, 4) is 6.07 Å². The Labute approximate surface area is 125 Å². The lowest BCUT2D eigenvalue weighted by Crippen LogP contribution is -2.08. The molecule has 2 aromatic rings. The van der Waals surface area contributed by atoms with Gasteiger partial charge >= 0.3 is 0 Å². The van der Waals surface area contributed by atoms with Gasteiger partial charge in [0.1, 0.15) is 11.8 Å². The molecule has 1 heterocycles. The Morgan fingerprint density at radius 3 is 2.29 bits per heavy atom. The first-order valence-electron chi connectivity index (χ1n) is 6.50. The van der Waals surface area contributed by atoms with Crippen molar-refractivity contribution in [2.75, 3.05) is 0 Å². The molecule has 1 aromatic heterocycles. The predicted molar refractivity (Wildman–Crippen MR) is 81.2 cm³/mol. The summed E-state index contributed by atoms with van der Waals surface area (Å²) in [5.74, 6) is -0.0864. The summed E-state index contributed by atoms with van der Waals surface area (Å²) in [4.78, 5) is 3.84. The van der Waals surface area contributed by atoms with E-state index in [-0.39, 0.29) is 17.2 Å². The number of hydrogen-bond donors (Lipinski definition) is 0. The Kier molecular flexibility index (Phi) is 4.39. The highest BCUT2D eigenvalue weighted by Crippen LogP contribution is 2.15. The first kappa shape index (κ1) is 15.2. The number of benzene rings is 1. The predicted octanol–water partition coefficient (Wildman–Crippen LogP) is 2.69. The van der Waals surface area contributed by atoms with Crippen LogP contribution in [0, 0.1) is 25.2 Å². The molecular weight excluding hydrogens is 284 g/mol. The monoisotopic (exact) mass is 300 g/mol. The molecule has 0 aliphatic carbocycles. The van der Waals surface area contributed by atoms with Gasteiger partial charge in [0, 0.05) is 6.20 Å². The van der Waals surface area contributed by atoms with E-state index in [0.717, 1.165) is 16.7 Å². The van der Waals surface area contributed by atoms with Gasteiger partial charge in [0.2, 0.25) is 0 Å². The van der Waals surface area contributed by atoms with Crippen molar-refractivity contribution in [2.45, 2.75) is 25.4 Å². The van der Waals surface area contributed by atoms with Crippen molar-refractivity contribution >= 4 is 9.84 Å². The number of hydrogen-bond acceptors (Lipinski definition) is 4. The van der Waals surface area contributed by atoms with E-state index in [1.165, 1.54) is 12.3 Å². The Hall–Kier alpha value is -2.19. The number of aromatic nitrogens is 1. The summed E-state index contributed by atoms with van der Waals surface area (Å²) in [5, 5.41) is 8.79. The second-order valence-electron chi connectivity index (χ2n) is 5.19. The highest BCUT2D eigenvalue weighted by molar-refractivity contribution is 7.89. The summed E-state index contributed by atoms with van der Waals surface area (Å²) >= 11 is 0. The third kappa shape index (κ3) is 4.40. The maximum atomic E-state index is 12.3. The van der Waals surface area contributed by atoms with Crippen molar-refractivity contribution in [2.24, 2.45) is 0 Å². The number of nitrogens with zero attached hydrogens (tertiary/aromatic N) is 2. The van der Waals surface area contributed by atoms with Gasteiger partial charge in [-0.1, -0.05) is 29.3 Å². The molecule has 0 saturated heterocycles. The van der Waals surface area contributed by atoms with Crippen LogP contribution in [0.1, 0.15) is 27.9 Å². The molecule has 21 heavy (non-hydrogen) atoms. The molecule has 0 radical (unpaired) electrons. The van der Waals surface area contributed by atoms with Crippen LogP contribution in [-0.2, 0) is 21.3 Å². The summed E-state index contributed by atoms with van der Waals surface area (Å²) in [5.41, 5.74) is 3.72. The van der Waals surface area contributed by atoms with Crippen LogP contribution in [0.2, 0.25) is 0 Å². The first-order valence-corrected chi connectivity index (χ1v) is 8.33. The maximum Gasteiger partial charge on any atom is 0.158 e. The lowest BCUT2D eigenvalue weighted by atomic mass is 10.1. The quantitative estimate of drug-likeness (QED) is 0.870. The van der Waals surface area contributed by atoms with Crippen LogP contribution in [0.3, 0.4) is 0 Å². The molecule has 0 N–H and O–H groups in total. The average molecular weight is 300 g/mol. The van der Waals surface area contributed by atoms with Crippen molar-refractivity contribution in [3.63, 3.8) is 0 Å². The van der Waals surface area contributed by atoms with Crippen LogP contribution in [-0.4, -0.2) is 13.4 Å². The van der Waals surface area contributed by atoms with Crippen molar-refractivity contribution < 1.29 is 8.42 Å². The fourth-order valence-corrected chi connectivity index (χ4v) is 3.80. The lowest BCUT2D eigenvalue weighted by Gasteiger charge is -2.07. The molecule has 108 valence electrons. The van der Waals surface area contributed by atoms with E-state index < -0.39 is 9.84 Å². The molecule has 0 aliphatic rings. The second-order valence-corrected chi connectivity index (χ2v) is 7.25. The molecule has 5 heteroatoms. The molecule has 0 aliphatic heterocycles. The minimum Gasteiger partial charge on any atom is -0.246 e. The molecule has 1 aromatic carbocycles. The molecule has 2 rings (SSSR count). The third-order valence-electron chi connectivity index (χ3n) is 2.99. The van der Waals surface area contributed by atoms with Gasteiger partial charge in [-0.2, -0.15) is 5.26 Å². The molecular formula is C16H16N2O2S. The number of aryl methyl sites for hydroxylation is 2. The third-order valence-corrected chi connectivity index (χ3v) is 4.54. The highest BCUT2D eigenvalue weighted by Gasteiger charge is 2.14. The van der Waals surface area contributed by atoms with Gasteiger partial charge in [0.05, 0.1) is 11.5 Å². The van der Waals surface area contributed by atoms with Crippen LogP contribution >= 0.6 is 0 Å². The summed E-state index contributed by atoms with van der Waals surface area (Å²) in [6.07, 6.45) is 1.46. The van der Waals surface area contributed by atoms with Crippen LogP contribution in [0.5, 0.6) is 0 Å². The topological polar surface area (TPSA) is 70.8 Å². The van der Waals surface area contributed by atoms with Crippen LogP contribution < -0.4 is 0 Å². The normalized spacial score (nSPS) is 11.1. The summed E-state index contributed by atoms with van der Waals surface area (Å²) in [6, 6.07) is 10.8. The van der Waals surface area contributed by atoms with Gasteiger partial charge < -0.3 is 0 Å². The van der Waals surface area contributed by atoms with E-state index in [0.29, 0.717) is 5.56 Å². The van der Waals surface area contributed by atoms with E-state index in [9.17, 15) is 8.42 Å². The van der Waals surface area contributed by atoms with Gasteiger partial charge in [0.15, 0.2) is 9.84 Å². The fourth-order valence-electron chi connectivity index (χ4n) is 2.34. The second kappa shape index (κ2) is 6.06. The number of sulfone groups is 1. The summed E-state index contributed by atoms with van der Waals surface area (Å²) < 4.78 is 24.6. The minimum atomic E-state index is -3.28. The van der Waals surface area contributed by atoms with Gasteiger partial charge in [-0.25, -0.2) is 13.4 Å². The van der Waals surface area contributed by atoms with Gasteiger partial charge in [0.25, 0.3) is 0 Å². The van der Waals surface area contributed by atoms with Crippen LogP contribution in [0.15, 0.2) is 36.5 Å². The van der Waals surface area contributed by atoms with E-state index in [1.54, 1.807) is 6.07 Å². The zero-order valence-electron chi connectivity index (χ0n) is 12.0. The zero-order valence-corrected chi connectivity index (χ0v) is 12.8. The highest BCUT2D eigenvalue weighted by atomic mass is 32.2. The molecule has 0 unspecified atom stereocenters. The molecule has 0 spiro atoms.